The third kappa shape index (κ3) is 4.89. The van der Waals surface area contributed by atoms with E-state index in [2.05, 4.69) is 15.1 Å². The highest BCUT2D eigenvalue weighted by Gasteiger charge is 2.22. The summed E-state index contributed by atoms with van der Waals surface area (Å²) in [5.74, 6) is -0.0731. The zero-order valence-corrected chi connectivity index (χ0v) is 16.9. The lowest BCUT2D eigenvalue weighted by molar-refractivity contribution is -0.123. The normalized spacial score (nSPS) is 19.0. The number of carbonyl (C=O) groups is 1. The Morgan fingerprint density at radius 3 is 2.54 bits per heavy atom. The van der Waals surface area contributed by atoms with Crippen LogP contribution in [0.25, 0.3) is 11.3 Å². The van der Waals surface area contributed by atoms with Gasteiger partial charge in [0.05, 0.1) is 12.2 Å². The van der Waals surface area contributed by atoms with Gasteiger partial charge >= 0.3 is 0 Å². The number of halogens is 1. The van der Waals surface area contributed by atoms with Crippen molar-refractivity contribution >= 4 is 22.4 Å². The van der Waals surface area contributed by atoms with Crippen molar-refractivity contribution in [2.45, 2.75) is 38.1 Å². The molecule has 0 atom stereocenters. The predicted octanol–water partition coefficient (Wildman–Crippen LogP) is 3.52. The van der Waals surface area contributed by atoms with E-state index in [4.69, 9.17) is 4.98 Å². The molecular formula is C21H27FN4OS. The lowest BCUT2D eigenvalue weighted by Crippen LogP contribution is -2.50. The molecule has 1 amide bonds. The van der Waals surface area contributed by atoms with Crippen LogP contribution in [0.2, 0.25) is 0 Å². The number of carbonyl (C=O) groups excluding carboxylic acids is 1. The summed E-state index contributed by atoms with van der Waals surface area (Å²) in [6.45, 7) is 3.95. The van der Waals surface area contributed by atoms with E-state index in [0.29, 0.717) is 12.6 Å². The second kappa shape index (κ2) is 9.01. The molecule has 5 nitrogen and oxygen atoms in total. The molecule has 2 heterocycles. The summed E-state index contributed by atoms with van der Waals surface area (Å²) >= 11 is 1.62. The van der Waals surface area contributed by atoms with E-state index in [1.807, 2.05) is 5.38 Å². The smallest absolute Gasteiger partial charge is 0.234 e. The van der Waals surface area contributed by atoms with Gasteiger partial charge in [0.15, 0.2) is 5.13 Å². The summed E-state index contributed by atoms with van der Waals surface area (Å²) in [7, 11) is 0. The fraction of sp³-hybridized carbons (Fsp3) is 0.524. The van der Waals surface area contributed by atoms with E-state index in [-0.39, 0.29) is 11.7 Å². The number of hydrogen-bond acceptors (Lipinski definition) is 5. The minimum atomic E-state index is -0.233. The molecule has 0 bridgehead atoms. The molecule has 28 heavy (non-hydrogen) atoms. The van der Waals surface area contributed by atoms with Gasteiger partial charge in [-0.3, -0.25) is 9.69 Å². The first-order chi connectivity index (χ1) is 13.7. The predicted molar refractivity (Wildman–Crippen MR) is 111 cm³/mol. The highest BCUT2D eigenvalue weighted by atomic mass is 32.1. The van der Waals surface area contributed by atoms with E-state index < -0.39 is 0 Å². The van der Waals surface area contributed by atoms with Gasteiger partial charge in [-0.1, -0.05) is 19.3 Å². The number of amides is 1. The van der Waals surface area contributed by atoms with E-state index in [1.54, 1.807) is 23.5 Å². The molecule has 1 aromatic heterocycles. The third-order valence-corrected chi connectivity index (χ3v) is 6.51. The fourth-order valence-corrected chi connectivity index (χ4v) is 4.87. The van der Waals surface area contributed by atoms with Crippen molar-refractivity contribution in [3.63, 3.8) is 0 Å². The Morgan fingerprint density at radius 2 is 1.82 bits per heavy atom. The summed E-state index contributed by atoms with van der Waals surface area (Å²) < 4.78 is 13.1. The highest BCUT2D eigenvalue weighted by molar-refractivity contribution is 7.14. The molecule has 1 saturated carbocycles. The summed E-state index contributed by atoms with van der Waals surface area (Å²) in [5.41, 5.74) is 1.82. The minimum Gasteiger partial charge on any atom is -0.352 e. The molecule has 1 N–H and O–H groups in total. The van der Waals surface area contributed by atoms with Gasteiger partial charge < -0.3 is 10.2 Å². The second-order valence-corrected chi connectivity index (χ2v) is 8.52. The van der Waals surface area contributed by atoms with Gasteiger partial charge in [-0.15, -0.1) is 11.3 Å². The van der Waals surface area contributed by atoms with Gasteiger partial charge in [-0.2, -0.15) is 0 Å². The van der Waals surface area contributed by atoms with Crippen LogP contribution in [0, 0.1) is 5.82 Å². The van der Waals surface area contributed by atoms with Crippen molar-refractivity contribution in [2.75, 3.05) is 37.6 Å². The quantitative estimate of drug-likeness (QED) is 0.831. The molecular weight excluding hydrogens is 375 g/mol. The van der Waals surface area contributed by atoms with Gasteiger partial charge in [-0.25, -0.2) is 9.37 Å². The maximum atomic E-state index is 13.1. The average Bonchev–Trinajstić information content (AvgIpc) is 3.20. The maximum absolute atomic E-state index is 13.1. The Bertz CT molecular complexity index is 780. The van der Waals surface area contributed by atoms with Crippen LogP contribution in [0.3, 0.4) is 0 Å². The van der Waals surface area contributed by atoms with Crippen LogP contribution < -0.4 is 10.2 Å². The van der Waals surface area contributed by atoms with E-state index in [0.717, 1.165) is 55.4 Å². The molecule has 2 fully saturated rings. The summed E-state index contributed by atoms with van der Waals surface area (Å²) in [6, 6.07) is 6.83. The van der Waals surface area contributed by atoms with Crippen molar-refractivity contribution in [3.8, 4) is 11.3 Å². The highest BCUT2D eigenvalue weighted by Crippen LogP contribution is 2.28. The standard InChI is InChI=1S/C21H27FN4OS/c22-17-8-6-16(7-9-17)19-15-28-21(24-19)26-12-10-25(11-13-26)14-20(27)23-18-4-2-1-3-5-18/h6-9,15,18H,1-5,10-14H2,(H,23,27). The third-order valence-electron chi connectivity index (χ3n) is 5.61. The number of anilines is 1. The Labute approximate surface area is 169 Å². The lowest BCUT2D eigenvalue weighted by Gasteiger charge is -2.34. The fourth-order valence-electron chi connectivity index (χ4n) is 3.98. The van der Waals surface area contributed by atoms with Crippen LogP contribution in [0.5, 0.6) is 0 Å². The van der Waals surface area contributed by atoms with E-state index in [1.165, 1.54) is 31.4 Å². The molecule has 1 aromatic carbocycles. The number of benzene rings is 1. The number of aromatic nitrogens is 1. The number of nitrogens with one attached hydrogen (secondary N) is 1. The van der Waals surface area contributed by atoms with Crippen LogP contribution >= 0.6 is 11.3 Å². The molecule has 0 unspecified atom stereocenters. The summed E-state index contributed by atoms with van der Waals surface area (Å²) in [4.78, 5) is 21.5. The summed E-state index contributed by atoms with van der Waals surface area (Å²) in [6.07, 6.45) is 6.02. The van der Waals surface area contributed by atoms with Crippen LogP contribution in [0.1, 0.15) is 32.1 Å². The minimum absolute atomic E-state index is 0.160. The second-order valence-electron chi connectivity index (χ2n) is 7.69. The molecule has 4 rings (SSSR count). The number of nitrogens with zero attached hydrogens (tertiary/aromatic N) is 3. The van der Waals surface area contributed by atoms with Crippen LogP contribution in [-0.4, -0.2) is 54.6 Å². The van der Waals surface area contributed by atoms with Crippen LogP contribution in [-0.2, 0) is 4.79 Å². The molecule has 150 valence electrons. The van der Waals surface area contributed by atoms with Crippen molar-refractivity contribution in [1.82, 2.24) is 15.2 Å². The molecule has 0 spiro atoms. The maximum Gasteiger partial charge on any atom is 0.234 e. The molecule has 1 aliphatic carbocycles. The van der Waals surface area contributed by atoms with Crippen molar-refractivity contribution in [2.24, 2.45) is 0 Å². The van der Waals surface area contributed by atoms with Crippen molar-refractivity contribution in [3.05, 3.63) is 35.5 Å². The van der Waals surface area contributed by atoms with Gasteiger partial charge in [0.1, 0.15) is 5.82 Å². The SMILES string of the molecule is O=C(CN1CCN(c2nc(-c3ccc(F)cc3)cs2)CC1)NC1CCCCC1. The van der Waals surface area contributed by atoms with Crippen molar-refractivity contribution in [1.29, 1.82) is 0 Å². The topological polar surface area (TPSA) is 48.5 Å². The molecule has 7 heteroatoms. The number of piperazine rings is 1. The Hall–Kier alpha value is -1.99. The zero-order chi connectivity index (χ0) is 19.3. The van der Waals surface area contributed by atoms with Gasteiger partial charge in [0.2, 0.25) is 5.91 Å². The monoisotopic (exact) mass is 402 g/mol. The first-order valence-corrected chi connectivity index (χ1v) is 11.0. The largest absolute Gasteiger partial charge is 0.352 e. The number of hydrogen-bond donors (Lipinski definition) is 1. The molecule has 2 aromatic rings. The first-order valence-electron chi connectivity index (χ1n) is 10.2. The summed E-state index contributed by atoms with van der Waals surface area (Å²) in [5, 5.41) is 6.22. The average molecular weight is 403 g/mol. The number of rotatable bonds is 5. The van der Waals surface area contributed by atoms with Gasteiger partial charge in [0.25, 0.3) is 0 Å². The van der Waals surface area contributed by atoms with E-state index >= 15 is 0 Å². The Balaban J connectivity index is 1.26. The van der Waals surface area contributed by atoms with Crippen LogP contribution in [0.4, 0.5) is 9.52 Å². The molecule has 1 saturated heterocycles. The Morgan fingerprint density at radius 1 is 1.11 bits per heavy atom. The molecule has 0 radical (unpaired) electrons. The molecule has 2 aliphatic rings. The Kier molecular flexibility index (Phi) is 6.22. The van der Waals surface area contributed by atoms with Gasteiger partial charge in [0, 0.05) is 43.2 Å². The number of thiazole rings is 1. The van der Waals surface area contributed by atoms with E-state index in [9.17, 15) is 9.18 Å². The van der Waals surface area contributed by atoms with Crippen LogP contribution in [0.15, 0.2) is 29.6 Å². The van der Waals surface area contributed by atoms with Crippen molar-refractivity contribution < 1.29 is 9.18 Å². The molecule has 1 aliphatic heterocycles. The zero-order valence-electron chi connectivity index (χ0n) is 16.1. The first kappa shape index (κ1) is 19.3. The lowest BCUT2D eigenvalue weighted by atomic mass is 9.95. The van der Waals surface area contributed by atoms with Gasteiger partial charge in [-0.05, 0) is 37.1 Å².